The minimum atomic E-state index is -0.824. The van der Waals surface area contributed by atoms with Gasteiger partial charge < -0.3 is 19.5 Å². The second-order valence-electron chi connectivity index (χ2n) is 6.04. The number of esters is 1. The summed E-state index contributed by atoms with van der Waals surface area (Å²) >= 11 is 0. The molecule has 0 fully saturated rings. The molecule has 0 radical (unpaired) electrons. The highest BCUT2D eigenvalue weighted by Crippen LogP contribution is 2.26. The third-order valence-corrected chi connectivity index (χ3v) is 3.61. The minimum Gasteiger partial charge on any atom is -0.490 e. The fraction of sp³-hybridized carbons (Fsp3) is 0.286. The molecule has 1 amide bonds. The van der Waals surface area contributed by atoms with Crippen molar-refractivity contribution in [3.05, 3.63) is 53.8 Å². The van der Waals surface area contributed by atoms with Crippen LogP contribution in [0.25, 0.3) is 0 Å². The van der Waals surface area contributed by atoms with Crippen LogP contribution >= 0.6 is 0 Å². The van der Waals surface area contributed by atoms with Gasteiger partial charge in [0.2, 0.25) is 11.7 Å². The summed E-state index contributed by atoms with van der Waals surface area (Å²) in [5.41, 5.74) is -0.0213. The topological polar surface area (TPSA) is 90.9 Å². The Hall–Kier alpha value is -3.42. The van der Waals surface area contributed by atoms with E-state index >= 15 is 0 Å². The van der Waals surface area contributed by atoms with Crippen LogP contribution in [0.4, 0.5) is 10.1 Å². The van der Waals surface area contributed by atoms with E-state index in [1.807, 2.05) is 6.92 Å². The molecule has 2 rings (SSSR count). The first-order chi connectivity index (χ1) is 13.9. The molecule has 0 bridgehead atoms. The van der Waals surface area contributed by atoms with E-state index in [1.165, 1.54) is 19.1 Å². The molecule has 0 spiro atoms. The number of hydrogen-bond acceptors (Lipinski definition) is 6. The lowest BCUT2D eigenvalue weighted by Crippen LogP contribution is -2.20. The number of ketones is 1. The van der Waals surface area contributed by atoms with Crippen molar-refractivity contribution in [2.45, 2.75) is 20.3 Å². The summed E-state index contributed by atoms with van der Waals surface area (Å²) in [6.07, 6.45) is 0.820. The Bertz CT molecular complexity index is 883. The molecule has 0 saturated heterocycles. The van der Waals surface area contributed by atoms with E-state index < -0.39 is 30.8 Å². The van der Waals surface area contributed by atoms with Gasteiger partial charge in [0.25, 0.3) is 0 Å². The first-order valence-electron chi connectivity index (χ1n) is 9.01. The largest absolute Gasteiger partial charge is 0.490 e. The van der Waals surface area contributed by atoms with Crippen LogP contribution in [0.1, 0.15) is 30.6 Å². The zero-order valence-corrected chi connectivity index (χ0v) is 16.2. The Morgan fingerprint density at radius 2 is 1.69 bits per heavy atom. The summed E-state index contributed by atoms with van der Waals surface area (Å²) < 4.78 is 29.8. The fourth-order valence-electron chi connectivity index (χ4n) is 2.33. The Balaban J connectivity index is 1.86. The third kappa shape index (κ3) is 6.91. The van der Waals surface area contributed by atoms with Crippen molar-refractivity contribution in [1.29, 1.82) is 0 Å². The van der Waals surface area contributed by atoms with Crippen LogP contribution in [0, 0.1) is 5.82 Å². The summed E-state index contributed by atoms with van der Waals surface area (Å²) in [5, 5.41) is 2.41. The lowest BCUT2D eigenvalue weighted by atomic mass is 10.1. The van der Waals surface area contributed by atoms with E-state index in [4.69, 9.17) is 14.2 Å². The molecule has 29 heavy (non-hydrogen) atoms. The van der Waals surface area contributed by atoms with Gasteiger partial charge in [0.15, 0.2) is 24.7 Å². The molecule has 2 aromatic carbocycles. The molecule has 0 aliphatic carbocycles. The molecular weight excluding hydrogens is 381 g/mol. The Morgan fingerprint density at radius 1 is 1.00 bits per heavy atom. The summed E-state index contributed by atoms with van der Waals surface area (Å²) in [6.45, 7) is 2.70. The van der Waals surface area contributed by atoms with Crippen molar-refractivity contribution in [3.8, 4) is 11.5 Å². The van der Waals surface area contributed by atoms with Crippen LogP contribution in [0.5, 0.6) is 11.5 Å². The number of rotatable bonds is 10. The van der Waals surface area contributed by atoms with Gasteiger partial charge in [-0.3, -0.25) is 9.59 Å². The van der Waals surface area contributed by atoms with Crippen LogP contribution in [-0.2, 0) is 14.3 Å². The number of hydrogen-bond donors (Lipinski definition) is 1. The smallest absolute Gasteiger partial charge is 0.344 e. The van der Waals surface area contributed by atoms with Crippen molar-refractivity contribution < 1.29 is 33.0 Å². The molecule has 0 aromatic heterocycles. The number of carbonyl (C=O) groups is 3. The van der Waals surface area contributed by atoms with Crippen LogP contribution in [0.3, 0.4) is 0 Å². The molecule has 7 nitrogen and oxygen atoms in total. The lowest BCUT2D eigenvalue weighted by molar-refractivity contribution is -0.144. The van der Waals surface area contributed by atoms with Crippen LogP contribution < -0.4 is 14.8 Å². The van der Waals surface area contributed by atoms with E-state index in [2.05, 4.69) is 5.32 Å². The molecule has 0 aliphatic rings. The first-order valence-corrected chi connectivity index (χ1v) is 9.01. The lowest BCUT2D eigenvalue weighted by Gasteiger charge is -2.12. The molecule has 2 aromatic rings. The van der Waals surface area contributed by atoms with Gasteiger partial charge in [-0.1, -0.05) is 19.1 Å². The van der Waals surface area contributed by atoms with E-state index in [9.17, 15) is 18.8 Å². The van der Waals surface area contributed by atoms with Crippen molar-refractivity contribution in [2.75, 3.05) is 25.1 Å². The highest BCUT2D eigenvalue weighted by molar-refractivity contribution is 5.99. The van der Waals surface area contributed by atoms with Gasteiger partial charge in [0, 0.05) is 12.6 Å². The number of carbonyl (C=O) groups excluding carboxylic acids is 3. The SMILES string of the molecule is CCCOc1ccccc1OCC(=O)OCC(=O)c1ccc(NC(C)=O)cc1F. The maximum atomic E-state index is 14.0. The number of para-hydroxylation sites is 2. The van der Waals surface area contributed by atoms with E-state index in [0.717, 1.165) is 12.5 Å². The number of anilines is 1. The second-order valence-corrected chi connectivity index (χ2v) is 6.04. The zero-order chi connectivity index (χ0) is 21.2. The first kappa shape index (κ1) is 21.9. The Labute approximate surface area is 167 Å². The number of halogens is 1. The predicted molar refractivity (Wildman–Crippen MR) is 104 cm³/mol. The van der Waals surface area contributed by atoms with Crippen LogP contribution in [0.2, 0.25) is 0 Å². The normalized spacial score (nSPS) is 10.2. The average Bonchev–Trinajstić information content (AvgIpc) is 2.69. The highest BCUT2D eigenvalue weighted by atomic mass is 19.1. The van der Waals surface area contributed by atoms with E-state index in [0.29, 0.717) is 18.1 Å². The summed E-state index contributed by atoms with van der Waals surface area (Å²) in [7, 11) is 0. The Kier molecular flexibility index (Phi) is 8.14. The van der Waals surface area contributed by atoms with Gasteiger partial charge in [-0.05, 0) is 36.8 Å². The number of benzene rings is 2. The second kappa shape index (κ2) is 10.8. The molecular formula is C21H22FNO6. The number of amides is 1. The summed E-state index contributed by atoms with van der Waals surface area (Å²) in [4.78, 5) is 34.9. The Morgan fingerprint density at radius 3 is 2.31 bits per heavy atom. The zero-order valence-electron chi connectivity index (χ0n) is 16.2. The highest BCUT2D eigenvalue weighted by Gasteiger charge is 2.16. The number of Topliss-reactive ketones (excluding diaryl/α,β-unsaturated/α-hetero) is 1. The van der Waals surface area contributed by atoms with Crippen LogP contribution in [-0.4, -0.2) is 37.5 Å². The summed E-state index contributed by atoms with van der Waals surface area (Å²) in [6, 6.07) is 10.5. The monoisotopic (exact) mass is 403 g/mol. The molecule has 0 saturated carbocycles. The predicted octanol–water partition coefficient (Wildman–Crippen LogP) is 3.38. The van der Waals surface area contributed by atoms with Crippen molar-refractivity contribution >= 4 is 23.3 Å². The maximum absolute atomic E-state index is 14.0. The molecule has 0 unspecified atom stereocenters. The fourth-order valence-corrected chi connectivity index (χ4v) is 2.33. The molecule has 154 valence electrons. The minimum absolute atomic E-state index is 0.223. The van der Waals surface area contributed by atoms with Crippen molar-refractivity contribution in [2.24, 2.45) is 0 Å². The number of ether oxygens (including phenoxy) is 3. The molecule has 8 heteroatoms. The molecule has 0 heterocycles. The molecule has 0 aliphatic heterocycles. The quantitative estimate of drug-likeness (QED) is 0.483. The van der Waals surface area contributed by atoms with E-state index in [1.54, 1.807) is 24.3 Å². The van der Waals surface area contributed by atoms with Gasteiger partial charge >= 0.3 is 5.97 Å². The maximum Gasteiger partial charge on any atom is 0.344 e. The van der Waals surface area contributed by atoms with Gasteiger partial charge in [-0.2, -0.15) is 0 Å². The van der Waals surface area contributed by atoms with Crippen LogP contribution in [0.15, 0.2) is 42.5 Å². The molecule has 0 atom stereocenters. The van der Waals surface area contributed by atoms with Gasteiger partial charge in [0.05, 0.1) is 12.2 Å². The number of nitrogens with one attached hydrogen (secondary N) is 1. The van der Waals surface area contributed by atoms with Gasteiger partial charge in [0.1, 0.15) is 5.82 Å². The van der Waals surface area contributed by atoms with E-state index in [-0.39, 0.29) is 17.2 Å². The molecule has 1 N–H and O–H groups in total. The van der Waals surface area contributed by atoms with Gasteiger partial charge in [-0.15, -0.1) is 0 Å². The van der Waals surface area contributed by atoms with Crippen molar-refractivity contribution in [3.63, 3.8) is 0 Å². The van der Waals surface area contributed by atoms with Crippen molar-refractivity contribution in [1.82, 2.24) is 0 Å². The summed E-state index contributed by atoms with van der Waals surface area (Å²) in [5.74, 6) is -1.80. The average molecular weight is 403 g/mol. The third-order valence-electron chi connectivity index (χ3n) is 3.61. The standard InChI is InChI=1S/C21H22FNO6/c1-3-10-27-19-6-4-5-7-20(19)28-13-21(26)29-12-18(25)16-9-8-15(11-17(16)22)23-14(2)24/h4-9,11H,3,10,12-13H2,1-2H3,(H,23,24). The van der Waals surface area contributed by atoms with Gasteiger partial charge in [-0.25, -0.2) is 9.18 Å².